The predicted octanol–water partition coefficient (Wildman–Crippen LogP) is 2.64. The monoisotopic (exact) mass is 245 g/mol. The van der Waals surface area contributed by atoms with Gasteiger partial charge in [-0.25, -0.2) is 0 Å². The lowest BCUT2D eigenvalue weighted by Gasteiger charge is -2.02. The van der Waals surface area contributed by atoms with Crippen LogP contribution in [0.25, 0.3) is 0 Å². The number of hydrogen-bond donors (Lipinski definition) is 2. The number of nitrogens with two attached hydrogens (primary N) is 1. The van der Waals surface area contributed by atoms with Crippen molar-refractivity contribution in [2.45, 2.75) is 19.9 Å². The number of oxazole rings is 1. The molecule has 0 radical (unpaired) electrons. The molecule has 0 amide bonds. The van der Waals surface area contributed by atoms with Gasteiger partial charge in [-0.1, -0.05) is 0 Å². The van der Waals surface area contributed by atoms with Crippen LogP contribution in [0.2, 0.25) is 0 Å². The molecule has 2 aromatic rings. The van der Waals surface area contributed by atoms with Crippen LogP contribution in [0, 0.1) is 0 Å². The fraction of sp³-hybridized carbons (Fsp3) is 0.231. The van der Waals surface area contributed by atoms with Crippen LogP contribution in [-0.4, -0.2) is 10.8 Å². The molecule has 1 aromatic heterocycles. The Balaban J connectivity index is 2.10. The SMILES string of the molecule is CC(=O)c1ccc(Nc2nc(C(C)N)co2)cc1. The van der Waals surface area contributed by atoms with Crippen LogP contribution in [0.3, 0.4) is 0 Å². The molecule has 0 aliphatic heterocycles. The highest BCUT2D eigenvalue weighted by Crippen LogP contribution is 2.18. The molecule has 18 heavy (non-hydrogen) atoms. The zero-order chi connectivity index (χ0) is 13.1. The third kappa shape index (κ3) is 2.75. The van der Waals surface area contributed by atoms with Crippen LogP contribution < -0.4 is 11.1 Å². The Hall–Kier alpha value is -2.14. The van der Waals surface area contributed by atoms with Gasteiger partial charge in [-0.2, -0.15) is 4.98 Å². The number of rotatable bonds is 4. The number of benzene rings is 1. The zero-order valence-corrected chi connectivity index (χ0v) is 10.3. The Kier molecular flexibility index (Phi) is 3.43. The number of Topliss-reactive ketones (excluding diaryl/α,β-unsaturated/α-hetero) is 1. The standard InChI is InChI=1S/C13H15N3O2/c1-8(14)12-7-18-13(16-12)15-11-5-3-10(4-6-11)9(2)17/h3-8H,14H2,1-2H3,(H,15,16). The molecule has 0 aliphatic rings. The summed E-state index contributed by atoms with van der Waals surface area (Å²) in [6.07, 6.45) is 1.52. The van der Waals surface area contributed by atoms with Crippen molar-refractivity contribution in [3.63, 3.8) is 0 Å². The molecular weight excluding hydrogens is 230 g/mol. The summed E-state index contributed by atoms with van der Waals surface area (Å²) in [5.41, 5.74) is 7.85. The largest absolute Gasteiger partial charge is 0.432 e. The summed E-state index contributed by atoms with van der Waals surface area (Å²) < 4.78 is 5.24. The number of aromatic nitrogens is 1. The number of hydrogen-bond acceptors (Lipinski definition) is 5. The lowest BCUT2D eigenvalue weighted by molar-refractivity contribution is 0.101. The number of carbonyl (C=O) groups is 1. The molecule has 1 atom stereocenters. The minimum atomic E-state index is -0.163. The van der Waals surface area contributed by atoms with Gasteiger partial charge >= 0.3 is 0 Å². The molecule has 2 rings (SSSR count). The molecule has 94 valence electrons. The Morgan fingerprint density at radius 2 is 2.06 bits per heavy atom. The molecule has 0 fully saturated rings. The van der Waals surface area contributed by atoms with Crippen LogP contribution in [0.5, 0.6) is 0 Å². The predicted molar refractivity (Wildman–Crippen MR) is 68.8 cm³/mol. The summed E-state index contributed by atoms with van der Waals surface area (Å²) in [7, 11) is 0. The first kappa shape index (κ1) is 12.3. The number of nitrogens with one attached hydrogen (secondary N) is 1. The van der Waals surface area contributed by atoms with Crippen molar-refractivity contribution < 1.29 is 9.21 Å². The maximum Gasteiger partial charge on any atom is 0.299 e. The average Bonchev–Trinajstić information content (AvgIpc) is 2.78. The first-order chi connectivity index (χ1) is 8.56. The first-order valence-corrected chi connectivity index (χ1v) is 5.65. The van der Waals surface area contributed by atoms with Crippen LogP contribution >= 0.6 is 0 Å². The molecule has 0 spiro atoms. The zero-order valence-electron chi connectivity index (χ0n) is 10.3. The summed E-state index contributed by atoms with van der Waals surface area (Å²) in [5, 5.41) is 3.00. The summed E-state index contributed by atoms with van der Waals surface area (Å²) in [6, 6.07) is 7.32. The molecule has 1 heterocycles. The molecule has 1 aromatic carbocycles. The van der Waals surface area contributed by atoms with Crippen LogP contribution in [0.15, 0.2) is 34.9 Å². The molecular formula is C13H15N3O2. The summed E-state index contributed by atoms with van der Waals surface area (Å²) in [6.45, 7) is 3.37. The molecule has 0 saturated heterocycles. The summed E-state index contributed by atoms with van der Waals surface area (Å²) in [5.74, 6) is 0.0388. The Morgan fingerprint density at radius 1 is 1.39 bits per heavy atom. The normalized spacial score (nSPS) is 12.2. The van der Waals surface area contributed by atoms with E-state index in [-0.39, 0.29) is 11.8 Å². The molecule has 0 aliphatic carbocycles. The van der Waals surface area contributed by atoms with Gasteiger partial charge in [-0.15, -0.1) is 0 Å². The van der Waals surface area contributed by atoms with Crippen molar-refractivity contribution in [2.75, 3.05) is 5.32 Å². The second kappa shape index (κ2) is 5.01. The smallest absolute Gasteiger partial charge is 0.299 e. The van der Waals surface area contributed by atoms with E-state index in [1.54, 1.807) is 24.3 Å². The van der Waals surface area contributed by atoms with Gasteiger partial charge in [0.25, 0.3) is 6.01 Å². The van der Waals surface area contributed by atoms with E-state index in [1.807, 2.05) is 6.92 Å². The Bertz CT molecular complexity index is 544. The minimum Gasteiger partial charge on any atom is -0.432 e. The lowest BCUT2D eigenvalue weighted by atomic mass is 10.1. The highest BCUT2D eigenvalue weighted by Gasteiger charge is 2.07. The topological polar surface area (TPSA) is 81.2 Å². The van der Waals surface area contributed by atoms with Gasteiger partial charge in [-0.3, -0.25) is 4.79 Å². The average molecular weight is 245 g/mol. The molecule has 0 bridgehead atoms. The number of ketones is 1. The van der Waals surface area contributed by atoms with E-state index in [1.165, 1.54) is 13.2 Å². The number of nitrogens with zero attached hydrogens (tertiary/aromatic N) is 1. The maximum absolute atomic E-state index is 11.1. The number of carbonyl (C=O) groups excluding carboxylic acids is 1. The van der Waals surface area contributed by atoms with Crippen molar-refractivity contribution in [2.24, 2.45) is 5.73 Å². The van der Waals surface area contributed by atoms with Crippen molar-refractivity contribution in [3.8, 4) is 0 Å². The quantitative estimate of drug-likeness (QED) is 0.809. The van der Waals surface area contributed by atoms with E-state index in [0.717, 1.165) is 5.69 Å². The lowest BCUT2D eigenvalue weighted by Crippen LogP contribution is -2.05. The molecule has 3 N–H and O–H groups in total. The van der Waals surface area contributed by atoms with Gasteiger partial charge in [0.15, 0.2) is 5.78 Å². The fourth-order valence-electron chi connectivity index (χ4n) is 1.46. The number of anilines is 2. The molecule has 5 heteroatoms. The van der Waals surface area contributed by atoms with Gasteiger partial charge in [-0.05, 0) is 38.1 Å². The summed E-state index contributed by atoms with van der Waals surface area (Å²) in [4.78, 5) is 15.3. The second-order valence-electron chi connectivity index (χ2n) is 4.12. The van der Waals surface area contributed by atoms with E-state index in [2.05, 4.69) is 10.3 Å². The van der Waals surface area contributed by atoms with E-state index < -0.39 is 0 Å². The molecule has 0 saturated carbocycles. The molecule has 5 nitrogen and oxygen atoms in total. The van der Waals surface area contributed by atoms with E-state index >= 15 is 0 Å². The highest BCUT2D eigenvalue weighted by atomic mass is 16.4. The minimum absolute atomic E-state index is 0.0388. The maximum atomic E-state index is 11.1. The second-order valence-corrected chi connectivity index (χ2v) is 4.12. The van der Waals surface area contributed by atoms with Gasteiger partial charge in [0.05, 0.1) is 5.69 Å². The Morgan fingerprint density at radius 3 is 2.56 bits per heavy atom. The van der Waals surface area contributed by atoms with Crippen LogP contribution in [0.1, 0.15) is 35.9 Å². The van der Waals surface area contributed by atoms with Gasteiger partial charge in [0.2, 0.25) is 0 Å². The van der Waals surface area contributed by atoms with Gasteiger partial charge in [0.1, 0.15) is 6.26 Å². The van der Waals surface area contributed by atoms with Crippen molar-refractivity contribution in [1.82, 2.24) is 4.98 Å². The van der Waals surface area contributed by atoms with E-state index in [9.17, 15) is 4.79 Å². The van der Waals surface area contributed by atoms with Gasteiger partial charge in [0, 0.05) is 17.3 Å². The van der Waals surface area contributed by atoms with Crippen molar-refractivity contribution >= 4 is 17.5 Å². The molecule has 1 unspecified atom stereocenters. The van der Waals surface area contributed by atoms with Crippen molar-refractivity contribution in [1.29, 1.82) is 0 Å². The fourth-order valence-corrected chi connectivity index (χ4v) is 1.46. The van der Waals surface area contributed by atoms with Crippen molar-refractivity contribution in [3.05, 3.63) is 41.8 Å². The van der Waals surface area contributed by atoms with Crippen LogP contribution in [-0.2, 0) is 0 Å². The van der Waals surface area contributed by atoms with E-state index in [0.29, 0.717) is 17.3 Å². The third-order valence-electron chi connectivity index (χ3n) is 2.53. The highest BCUT2D eigenvalue weighted by molar-refractivity contribution is 5.94. The van der Waals surface area contributed by atoms with Gasteiger partial charge < -0.3 is 15.5 Å². The third-order valence-corrected chi connectivity index (χ3v) is 2.53. The Labute approximate surface area is 105 Å². The first-order valence-electron chi connectivity index (χ1n) is 5.65. The van der Waals surface area contributed by atoms with E-state index in [4.69, 9.17) is 10.2 Å². The van der Waals surface area contributed by atoms with Crippen LogP contribution in [0.4, 0.5) is 11.7 Å². The summed E-state index contributed by atoms with van der Waals surface area (Å²) >= 11 is 0.